The fourth-order valence-corrected chi connectivity index (χ4v) is 4.72. The van der Waals surface area contributed by atoms with Crippen molar-refractivity contribution < 1.29 is 14.3 Å². The lowest BCUT2D eigenvalue weighted by Crippen LogP contribution is -2.39. The van der Waals surface area contributed by atoms with Crippen LogP contribution >= 0.6 is 23.8 Å². The number of halogens is 1. The minimum atomic E-state index is -0.654. The Morgan fingerprint density at radius 2 is 1.58 bits per heavy atom. The molecule has 186 valence electrons. The molecule has 6 nitrogen and oxygen atoms in total. The van der Waals surface area contributed by atoms with Crippen molar-refractivity contribution in [3.05, 3.63) is 95.0 Å². The molecule has 0 unspecified atom stereocenters. The van der Waals surface area contributed by atoms with Gasteiger partial charge in [-0.05, 0) is 72.6 Å². The van der Waals surface area contributed by atoms with E-state index < -0.39 is 6.04 Å². The zero-order chi connectivity index (χ0) is 25.5. The van der Waals surface area contributed by atoms with Gasteiger partial charge in [-0.15, -0.1) is 0 Å². The Bertz CT molecular complexity index is 1200. The largest absolute Gasteiger partial charge is 0.497 e. The molecule has 1 atom stereocenters. The van der Waals surface area contributed by atoms with E-state index in [1.807, 2.05) is 59.5 Å². The number of ether oxygens (including phenoxy) is 1. The van der Waals surface area contributed by atoms with E-state index in [4.69, 9.17) is 28.6 Å². The quantitative estimate of drug-likeness (QED) is 0.382. The third kappa shape index (κ3) is 6.42. The number of anilines is 1. The molecular formula is C28H28ClN3O3S. The number of carbonyl (C=O) groups excluding carboxylic acids is 2. The van der Waals surface area contributed by atoms with Crippen LogP contribution in [-0.2, 0) is 22.4 Å². The van der Waals surface area contributed by atoms with Crippen LogP contribution in [0.15, 0.2) is 78.9 Å². The minimum Gasteiger partial charge on any atom is -0.497 e. The highest BCUT2D eigenvalue weighted by Crippen LogP contribution is 2.23. The molecule has 1 aliphatic rings. The molecule has 1 fully saturated rings. The summed E-state index contributed by atoms with van der Waals surface area (Å²) in [7, 11) is 1.59. The lowest BCUT2D eigenvalue weighted by Gasteiger charge is -2.24. The van der Waals surface area contributed by atoms with Crippen molar-refractivity contribution in [2.24, 2.45) is 0 Å². The Morgan fingerprint density at radius 3 is 2.25 bits per heavy atom. The average molecular weight is 522 g/mol. The summed E-state index contributed by atoms with van der Waals surface area (Å²) in [5, 5.41) is 4.02. The number of hydrogen-bond acceptors (Lipinski definition) is 4. The molecule has 8 heteroatoms. The maximum atomic E-state index is 13.5. The van der Waals surface area contributed by atoms with Gasteiger partial charge < -0.3 is 15.0 Å². The second-order valence-electron chi connectivity index (χ2n) is 8.57. The summed E-state index contributed by atoms with van der Waals surface area (Å²) >= 11 is 11.8. The fourth-order valence-electron chi connectivity index (χ4n) is 4.20. The van der Waals surface area contributed by atoms with Gasteiger partial charge in [-0.1, -0.05) is 54.1 Å². The zero-order valence-electron chi connectivity index (χ0n) is 20.0. The molecule has 0 spiro atoms. The second-order valence-corrected chi connectivity index (χ2v) is 9.38. The number of nitrogens with one attached hydrogen (secondary N) is 1. The molecule has 0 aliphatic carbocycles. The first-order chi connectivity index (χ1) is 17.4. The van der Waals surface area contributed by atoms with Gasteiger partial charge in [-0.3, -0.25) is 14.5 Å². The fraction of sp³-hybridized carbons (Fsp3) is 0.250. The van der Waals surface area contributed by atoms with E-state index in [0.717, 1.165) is 11.1 Å². The maximum absolute atomic E-state index is 13.5. The first-order valence-corrected chi connectivity index (χ1v) is 12.6. The van der Waals surface area contributed by atoms with Crippen LogP contribution in [0.1, 0.15) is 17.5 Å². The van der Waals surface area contributed by atoms with Gasteiger partial charge in [-0.2, -0.15) is 0 Å². The van der Waals surface area contributed by atoms with Crippen molar-refractivity contribution in [3.8, 4) is 5.75 Å². The number of amides is 2. The van der Waals surface area contributed by atoms with Gasteiger partial charge in [0.25, 0.3) is 5.91 Å². The molecule has 1 N–H and O–H groups in total. The first kappa shape index (κ1) is 25.7. The highest BCUT2D eigenvalue weighted by Gasteiger charge is 2.42. The molecule has 3 aromatic carbocycles. The Labute approximate surface area is 221 Å². The SMILES string of the molecule is COc1ccc(NC(=O)C[C@H]2C(=O)N(CCc3ccccc3)C(=S)N2CCc2ccc(Cl)cc2)cc1. The van der Waals surface area contributed by atoms with Crippen molar-refractivity contribution >= 4 is 46.4 Å². The van der Waals surface area contributed by atoms with E-state index in [9.17, 15) is 9.59 Å². The molecule has 1 saturated heterocycles. The lowest BCUT2D eigenvalue weighted by molar-refractivity contribution is -0.130. The molecule has 0 saturated carbocycles. The van der Waals surface area contributed by atoms with Gasteiger partial charge in [0.15, 0.2) is 5.11 Å². The lowest BCUT2D eigenvalue weighted by atomic mass is 10.1. The van der Waals surface area contributed by atoms with Crippen LogP contribution < -0.4 is 10.1 Å². The summed E-state index contributed by atoms with van der Waals surface area (Å²) in [6, 6.07) is 24.0. The van der Waals surface area contributed by atoms with Crippen LogP contribution in [0.3, 0.4) is 0 Å². The number of rotatable bonds is 10. The van der Waals surface area contributed by atoms with Gasteiger partial charge in [-0.25, -0.2) is 0 Å². The molecular weight excluding hydrogens is 494 g/mol. The summed E-state index contributed by atoms with van der Waals surface area (Å²) in [5.74, 6) is 0.311. The Kier molecular flexibility index (Phi) is 8.57. The Balaban J connectivity index is 1.47. The topological polar surface area (TPSA) is 61.9 Å². The summed E-state index contributed by atoms with van der Waals surface area (Å²) in [6.45, 7) is 0.990. The van der Waals surface area contributed by atoms with Crippen LogP contribution in [0.4, 0.5) is 5.69 Å². The molecule has 1 aliphatic heterocycles. The average Bonchev–Trinajstić information content (AvgIpc) is 3.11. The van der Waals surface area contributed by atoms with Crippen LogP contribution in [0.2, 0.25) is 5.02 Å². The van der Waals surface area contributed by atoms with Gasteiger partial charge in [0.05, 0.1) is 13.5 Å². The van der Waals surface area contributed by atoms with Crippen LogP contribution in [0.25, 0.3) is 0 Å². The highest BCUT2D eigenvalue weighted by molar-refractivity contribution is 7.80. The number of hydrogen-bond donors (Lipinski definition) is 1. The molecule has 0 radical (unpaired) electrons. The Hall–Kier alpha value is -3.42. The molecule has 1 heterocycles. The number of methoxy groups -OCH3 is 1. The zero-order valence-corrected chi connectivity index (χ0v) is 21.6. The highest BCUT2D eigenvalue weighted by atomic mass is 35.5. The van der Waals surface area contributed by atoms with Gasteiger partial charge >= 0.3 is 0 Å². The van der Waals surface area contributed by atoms with E-state index in [2.05, 4.69) is 5.32 Å². The predicted molar refractivity (Wildman–Crippen MR) is 146 cm³/mol. The predicted octanol–water partition coefficient (Wildman–Crippen LogP) is 4.96. The molecule has 36 heavy (non-hydrogen) atoms. The summed E-state index contributed by atoms with van der Waals surface area (Å²) < 4.78 is 5.17. The number of benzene rings is 3. The normalized spacial score (nSPS) is 15.3. The van der Waals surface area contributed by atoms with Gasteiger partial charge in [0.2, 0.25) is 5.91 Å². The third-order valence-electron chi connectivity index (χ3n) is 6.18. The van der Waals surface area contributed by atoms with E-state index in [1.54, 1.807) is 36.3 Å². The summed E-state index contributed by atoms with van der Waals surface area (Å²) in [4.78, 5) is 29.9. The van der Waals surface area contributed by atoms with E-state index in [1.165, 1.54) is 0 Å². The molecule has 0 bridgehead atoms. The maximum Gasteiger partial charge on any atom is 0.252 e. The van der Waals surface area contributed by atoms with E-state index in [0.29, 0.717) is 47.5 Å². The van der Waals surface area contributed by atoms with Crippen LogP contribution in [-0.4, -0.2) is 53.0 Å². The smallest absolute Gasteiger partial charge is 0.252 e. The number of thiocarbonyl (C=S) groups is 1. The van der Waals surface area contributed by atoms with Gasteiger partial charge in [0.1, 0.15) is 11.8 Å². The minimum absolute atomic E-state index is 0.00740. The van der Waals surface area contributed by atoms with Crippen LogP contribution in [0, 0.1) is 0 Å². The number of nitrogens with zero attached hydrogens (tertiary/aromatic N) is 2. The molecule has 0 aromatic heterocycles. The first-order valence-electron chi connectivity index (χ1n) is 11.8. The van der Waals surface area contributed by atoms with Gasteiger partial charge in [0, 0.05) is 23.8 Å². The van der Waals surface area contributed by atoms with Crippen LogP contribution in [0.5, 0.6) is 5.75 Å². The Morgan fingerprint density at radius 1 is 0.944 bits per heavy atom. The van der Waals surface area contributed by atoms with Crippen molar-refractivity contribution in [2.45, 2.75) is 25.3 Å². The van der Waals surface area contributed by atoms with Crippen molar-refractivity contribution in [1.82, 2.24) is 9.80 Å². The van der Waals surface area contributed by atoms with E-state index in [-0.39, 0.29) is 18.2 Å². The molecule has 2 amide bonds. The number of carbonyl (C=O) groups is 2. The molecule has 4 rings (SSSR count). The van der Waals surface area contributed by atoms with Crippen molar-refractivity contribution in [1.29, 1.82) is 0 Å². The van der Waals surface area contributed by atoms with E-state index >= 15 is 0 Å². The summed E-state index contributed by atoms with van der Waals surface area (Å²) in [6.07, 6.45) is 1.36. The monoisotopic (exact) mass is 521 g/mol. The second kappa shape index (κ2) is 12.0. The third-order valence-corrected chi connectivity index (χ3v) is 6.88. The van der Waals surface area contributed by atoms with Crippen molar-refractivity contribution in [3.63, 3.8) is 0 Å². The summed E-state index contributed by atoms with van der Waals surface area (Å²) in [5.41, 5.74) is 2.85. The van der Waals surface area contributed by atoms with Crippen molar-refractivity contribution in [2.75, 3.05) is 25.5 Å². The molecule has 3 aromatic rings. The standard InChI is InChI=1S/C28H28ClN3O3S/c1-35-24-13-11-23(12-14-24)30-26(33)19-25-27(34)32(18-16-20-5-3-2-4-6-20)28(36)31(25)17-15-21-7-9-22(29)10-8-21/h2-14,25H,15-19H2,1H3,(H,30,33)/t25-/m0/s1.